The summed E-state index contributed by atoms with van der Waals surface area (Å²) in [5.74, 6) is 0.906. The van der Waals surface area contributed by atoms with Gasteiger partial charge in [0.05, 0.1) is 11.8 Å². The molecule has 0 saturated carbocycles. The fourth-order valence-corrected chi connectivity index (χ4v) is 4.51. The summed E-state index contributed by atoms with van der Waals surface area (Å²) in [6, 6.07) is 4.28. The van der Waals surface area contributed by atoms with Crippen molar-refractivity contribution in [3.63, 3.8) is 0 Å². The third-order valence-corrected chi connectivity index (χ3v) is 6.31. The molecule has 1 fully saturated rings. The van der Waals surface area contributed by atoms with Gasteiger partial charge in [0.1, 0.15) is 28.2 Å². The number of fused-ring (bicyclic) bond motifs is 1. The van der Waals surface area contributed by atoms with Gasteiger partial charge in [-0.05, 0) is 64.9 Å². The van der Waals surface area contributed by atoms with Crippen molar-refractivity contribution in [1.29, 1.82) is 0 Å². The summed E-state index contributed by atoms with van der Waals surface area (Å²) < 4.78 is 19.4. The summed E-state index contributed by atoms with van der Waals surface area (Å²) in [4.78, 5) is 28.9. The van der Waals surface area contributed by atoms with Crippen molar-refractivity contribution >= 4 is 39.0 Å². The molecule has 7 nitrogen and oxygen atoms in total. The Kier molecular flexibility index (Phi) is 6.43. The van der Waals surface area contributed by atoms with Crippen molar-refractivity contribution in [3.8, 4) is 5.75 Å². The number of nitrogens with zero attached hydrogens (tertiary/aromatic N) is 4. The molecule has 3 heterocycles. The summed E-state index contributed by atoms with van der Waals surface area (Å²) >= 11 is 1.28. The van der Waals surface area contributed by atoms with Crippen LogP contribution in [-0.2, 0) is 0 Å². The first kappa shape index (κ1) is 21.6. The largest absolute Gasteiger partial charge is 0.489 e. The van der Waals surface area contributed by atoms with Crippen molar-refractivity contribution in [1.82, 2.24) is 19.9 Å². The highest BCUT2D eigenvalue weighted by Gasteiger charge is 2.23. The molecule has 2 aromatic heterocycles. The number of carbonyl (C=O) groups is 1. The van der Waals surface area contributed by atoms with E-state index in [9.17, 15) is 9.18 Å². The Bertz CT molecular complexity index is 1080. The van der Waals surface area contributed by atoms with Crippen LogP contribution in [0.1, 0.15) is 42.9 Å². The number of halogens is 1. The molecule has 164 valence electrons. The molecule has 0 amide bonds. The van der Waals surface area contributed by atoms with E-state index in [0.29, 0.717) is 44.9 Å². The fourth-order valence-electron chi connectivity index (χ4n) is 3.66. The Labute approximate surface area is 184 Å². The normalized spacial score (nSPS) is 15.5. The first-order chi connectivity index (χ1) is 14.9. The van der Waals surface area contributed by atoms with Crippen molar-refractivity contribution in [2.45, 2.75) is 39.2 Å². The van der Waals surface area contributed by atoms with Crippen LogP contribution in [0.3, 0.4) is 0 Å². The first-order valence-electron chi connectivity index (χ1n) is 10.5. The van der Waals surface area contributed by atoms with E-state index in [1.807, 2.05) is 13.8 Å². The van der Waals surface area contributed by atoms with Gasteiger partial charge in [0, 0.05) is 12.5 Å². The fraction of sp³-hybridized carbons (Fsp3) is 0.455. The van der Waals surface area contributed by atoms with Crippen LogP contribution < -0.4 is 10.1 Å². The second-order valence-electron chi connectivity index (χ2n) is 8.20. The maximum Gasteiger partial charge on any atom is 0.191 e. The first-order valence-corrected chi connectivity index (χ1v) is 11.3. The van der Waals surface area contributed by atoms with E-state index in [0.717, 1.165) is 25.9 Å². The molecule has 1 aromatic carbocycles. The van der Waals surface area contributed by atoms with Crippen LogP contribution in [0.15, 0.2) is 24.5 Å². The van der Waals surface area contributed by atoms with E-state index >= 15 is 0 Å². The Morgan fingerprint density at radius 3 is 2.84 bits per heavy atom. The smallest absolute Gasteiger partial charge is 0.191 e. The average molecular weight is 444 g/mol. The van der Waals surface area contributed by atoms with Gasteiger partial charge in [-0.1, -0.05) is 11.3 Å². The van der Waals surface area contributed by atoms with E-state index in [-0.39, 0.29) is 17.7 Å². The maximum absolute atomic E-state index is 13.7. The summed E-state index contributed by atoms with van der Waals surface area (Å²) in [6.07, 6.45) is 3.89. The van der Waals surface area contributed by atoms with Gasteiger partial charge in [-0.3, -0.25) is 4.79 Å². The minimum Gasteiger partial charge on any atom is -0.489 e. The number of ketones is 1. The zero-order valence-corrected chi connectivity index (χ0v) is 18.7. The molecule has 0 spiro atoms. The second kappa shape index (κ2) is 9.23. The number of hydrogen-bond donors (Lipinski definition) is 1. The molecule has 3 aromatic rings. The number of rotatable bonds is 7. The zero-order chi connectivity index (χ0) is 22.0. The topological polar surface area (TPSA) is 80.2 Å². The summed E-state index contributed by atoms with van der Waals surface area (Å²) in [7, 11) is 2.11. The lowest BCUT2D eigenvalue weighted by Gasteiger charge is -2.28. The van der Waals surface area contributed by atoms with Crippen LogP contribution in [0.2, 0.25) is 0 Å². The van der Waals surface area contributed by atoms with Gasteiger partial charge in [0.25, 0.3) is 0 Å². The lowest BCUT2D eigenvalue weighted by molar-refractivity contribution is 0.0936. The number of nitrogens with one attached hydrogen (secondary N) is 1. The predicted molar refractivity (Wildman–Crippen MR) is 120 cm³/mol. The van der Waals surface area contributed by atoms with Crippen LogP contribution in [0.4, 0.5) is 15.9 Å². The minimum absolute atomic E-state index is 0.0501. The number of piperidine rings is 1. The van der Waals surface area contributed by atoms with Gasteiger partial charge in [-0.2, -0.15) is 0 Å². The lowest BCUT2D eigenvalue weighted by atomic mass is 9.92. The number of hydrogen-bond acceptors (Lipinski definition) is 8. The third-order valence-electron chi connectivity index (χ3n) is 5.31. The summed E-state index contributed by atoms with van der Waals surface area (Å²) in [5, 5.41) is 3.63. The van der Waals surface area contributed by atoms with Crippen LogP contribution in [-0.4, -0.2) is 51.9 Å². The van der Waals surface area contributed by atoms with Crippen LogP contribution in [0.25, 0.3) is 10.3 Å². The molecular weight excluding hydrogens is 417 g/mol. The molecule has 9 heteroatoms. The van der Waals surface area contributed by atoms with Gasteiger partial charge < -0.3 is 15.0 Å². The average Bonchev–Trinajstić information content (AvgIpc) is 3.17. The highest BCUT2D eigenvalue weighted by Crippen LogP contribution is 2.33. The molecule has 0 unspecified atom stereocenters. The lowest BCUT2D eigenvalue weighted by Crippen LogP contribution is -2.31. The molecule has 1 saturated heterocycles. The monoisotopic (exact) mass is 443 g/mol. The predicted octanol–water partition coefficient (Wildman–Crippen LogP) is 4.67. The summed E-state index contributed by atoms with van der Waals surface area (Å²) in [5.41, 5.74) is 1.10. The van der Waals surface area contributed by atoms with Gasteiger partial charge in [0.15, 0.2) is 16.6 Å². The maximum atomic E-state index is 13.7. The molecule has 1 N–H and O–H groups in total. The molecule has 1 aliphatic heterocycles. The molecule has 0 atom stereocenters. The number of aromatic nitrogens is 3. The molecule has 31 heavy (non-hydrogen) atoms. The molecule has 0 bridgehead atoms. The molecule has 0 aliphatic carbocycles. The molecule has 1 aliphatic rings. The van der Waals surface area contributed by atoms with Crippen molar-refractivity contribution in [2.24, 2.45) is 5.92 Å². The Balaban J connectivity index is 1.56. The number of anilines is 2. The number of carbonyl (C=O) groups excluding carboxylic acids is 1. The number of benzene rings is 1. The minimum atomic E-state index is -0.385. The van der Waals surface area contributed by atoms with Crippen LogP contribution in [0, 0.1) is 11.7 Å². The molecular formula is C22H26FN5O2S. The Morgan fingerprint density at radius 2 is 2.10 bits per heavy atom. The van der Waals surface area contributed by atoms with Crippen LogP contribution in [0.5, 0.6) is 5.75 Å². The highest BCUT2D eigenvalue weighted by molar-refractivity contribution is 7.20. The number of Topliss-reactive ketones (excluding diaryl/α,β-unsaturated/α-hetero) is 1. The van der Waals surface area contributed by atoms with E-state index in [4.69, 9.17) is 4.74 Å². The number of thiazole rings is 1. The SMILES string of the molecule is CC(C)Oc1cc(F)ccc1Nc1ncnc2sc(C(=O)CC3CCN(C)CC3)nc12. The quantitative estimate of drug-likeness (QED) is 0.532. The van der Waals surface area contributed by atoms with Gasteiger partial charge in [-0.25, -0.2) is 19.3 Å². The van der Waals surface area contributed by atoms with Gasteiger partial charge in [-0.15, -0.1) is 0 Å². The van der Waals surface area contributed by atoms with E-state index in [2.05, 4.69) is 32.2 Å². The third kappa shape index (κ3) is 5.16. The number of ether oxygens (including phenoxy) is 1. The van der Waals surface area contributed by atoms with Crippen LogP contribution >= 0.6 is 11.3 Å². The van der Waals surface area contributed by atoms with E-state index in [1.54, 1.807) is 6.07 Å². The van der Waals surface area contributed by atoms with Crippen molar-refractivity contribution in [3.05, 3.63) is 35.4 Å². The standard InChI is InChI=1S/C22H26FN5O2S/c1-13(2)30-18-11-15(23)4-5-16(18)26-20-19-22(25-12-24-20)31-21(27-19)17(29)10-14-6-8-28(3)9-7-14/h4-5,11-14H,6-10H2,1-3H3,(H,24,25,26). The second-order valence-corrected chi connectivity index (χ2v) is 9.18. The molecule has 0 radical (unpaired) electrons. The summed E-state index contributed by atoms with van der Waals surface area (Å²) in [6.45, 7) is 5.80. The molecule has 4 rings (SSSR count). The Hall–Kier alpha value is -2.65. The Morgan fingerprint density at radius 1 is 1.32 bits per heavy atom. The van der Waals surface area contributed by atoms with E-state index in [1.165, 1.54) is 29.8 Å². The van der Waals surface area contributed by atoms with Crippen molar-refractivity contribution < 1.29 is 13.9 Å². The number of likely N-dealkylation sites (tertiary alicyclic amines) is 1. The zero-order valence-electron chi connectivity index (χ0n) is 17.9. The van der Waals surface area contributed by atoms with Gasteiger partial charge >= 0.3 is 0 Å². The highest BCUT2D eigenvalue weighted by atomic mass is 32.1. The van der Waals surface area contributed by atoms with Crippen molar-refractivity contribution in [2.75, 3.05) is 25.5 Å². The van der Waals surface area contributed by atoms with E-state index < -0.39 is 0 Å². The van der Waals surface area contributed by atoms with Gasteiger partial charge in [0.2, 0.25) is 0 Å².